The van der Waals surface area contributed by atoms with E-state index in [0.29, 0.717) is 15.7 Å². The van der Waals surface area contributed by atoms with Gasteiger partial charge in [-0.2, -0.15) is 5.26 Å². The van der Waals surface area contributed by atoms with E-state index >= 15 is 0 Å². The smallest absolute Gasteiger partial charge is 0.231 e. The highest BCUT2D eigenvalue weighted by atomic mass is 79.9. The van der Waals surface area contributed by atoms with Gasteiger partial charge >= 0.3 is 0 Å². The Balaban J connectivity index is 2.91. The number of halogens is 2. The largest absolute Gasteiger partial charge is 0.325 e. The first-order chi connectivity index (χ1) is 7.90. The van der Waals surface area contributed by atoms with Gasteiger partial charge in [0.2, 0.25) is 5.91 Å². The highest BCUT2D eigenvalue weighted by Crippen LogP contribution is 2.26. The number of anilines is 1. The Labute approximate surface area is 114 Å². The van der Waals surface area contributed by atoms with Crippen LogP contribution in [0.3, 0.4) is 0 Å². The van der Waals surface area contributed by atoms with E-state index < -0.39 is 5.41 Å². The third-order valence-corrected chi connectivity index (χ3v) is 3.62. The Morgan fingerprint density at radius 3 is 2.71 bits per heavy atom. The topological polar surface area (TPSA) is 52.9 Å². The molecule has 1 aromatic carbocycles. The summed E-state index contributed by atoms with van der Waals surface area (Å²) in [6, 6.07) is 7.01. The van der Waals surface area contributed by atoms with E-state index in [1.165, 1.54) is 0 Å². The molecule has 5 heteroatoms. The highest BCUT2D eigenvalue weighted by molar-refractivity contribution is 9.10. The van der Waals surface area contributed by atoms with Crippen molar-refractivity contribution in [2.45, 2.75) is 13.8 Å². The van der Waals surface area contributed by atoms with E-state index in [1.807, 2.05) is 6.07 Å². The molecule has 0 atom stereocenters. The molecule has 0 saturated carbocycles. The summed E-state index contributed by atoms with van der Waals surface area (Å²) in [6.45, 7) is 3.54. The lowest BCUT2D eigenvalue weighted by Crippen LogP contribution is -2.32. The molecule has 0 bridgehead atoms. The van der Waals surface area contributed by atoms with Crippen LogP contribution >= 0.6 is 27.5 Å². The molecule has 17 heavy (non-hydrogen) atoms. The molecule has 0 spiro atoms. The summed E-state index contributed by atoms with van der Waals surface area (Å²) >= 11 is 9.03. The average molecular weight is 316 g/mol. The predicted molar refractivity (Wildman–Crippen MR) is 72.0 cm³/mol. The molecule has 1 amide bonds. The maximum absolute atomic E-state index is 11.9. The Hall–Kier alpha value is -1.05. The molecule has 0 saturated heterocycles. The molecular weight excluding hydrogens is 304 g/mol. The van der Waals surface area contributed by atoms with E-state index in [-0.39, 0.29) is 11.8 Å². The van der Waals surface area contributed by atoms with E-state index in [4.69, 9.17) is 16.9 Å². The van der Waals surface area contributed by atoms with Gasteiger partial charge in [0.05, 0.1) is 22.7 Å². The molecule has 0 fully saturated rings. The number of hydrogen-bond acceptors (Lipinski definition) is 2. The first kappa shape index (κ1) is 14.0. The fourth-order valence-corrected chi connectivity index (χ4v) is 1.64. The van der Waals surface area contributed by atoms with Gasteiger partial charge < -0.3 is 5.32 Å². The van der Waals surface area contributed by atoms with Crippen molar-refractivity contribution in [3.8, 4) is 6.07 Å². The molecule has 3 nitrogen and oxygen atoms in total. The van der Waals surface area contributed by atoms with Gasteiger partial charge in [0.1, 0.15) is 0 Å². The highest BCUT2D eigenvalue weighted by Gasteiger charge is 2.26. The van der Waals surface area contributed by atoms with Crippen LogP contribution in [0.1, 0.15) is 19.4 Å². The first-order valence-electron chi connectivity index (χ1n) is 4.98. The summed E-state index contributed by atoms with van der Waals surface area (Å²) < 4.78 is 0.676. The van der Waals surface area contributed by atoms with Crippen LogP contribution in [-0.4, -0.2) is 11.8 Å². The van der Waals surface area contributed by atoms with Crippen LogP contribution < -0.4 is 5.32 Å². The standard InChI is InChI=1S/C12H12BrClN2O/c1-12(2,7-14)11(17)16-10-4-3-8(6-15)5-9(10)13/h3-5H,7H2,1-2H3,(H,16,17). The number of carbonyl (C=O) groups is 1. The summed E-state index contributed by atoms with van der Waals surface area (Å²) in [4.78, 5) is 11.9. The second-order valence-electron chi connectivity index (χ2n) is 4.28. The minimum absolute atomic E-state index is 0.155. The minimum Gasteiger partial charge on any atom is -0.325 e. The van der Waals surface area contributed by atoms with E-state index in [9.17, 15) is 4.79 Å². The lowest BCUT2D eigenvalue weighted by molar-refractivity contribution is -0.122. The van der Waals surface area contributed by atoms with Crippen molar-refractivity contribution in [3.05, 3.63) is 28.2 Å². The second kappa shape index (κ2) is 5.52. The molecule has 1 N–H and O–H groups in total. The number of nitrogens with zero attached hydrogens (tertiary/aromatic N) is 1. The second-order valence-corrected chi connectivity index (χ2v) is 5.40. The quantitative estimate of drug-likeness (QED) is 0.868. The number of hydrogen-bond donors (Lipinski definition) is 1. The fourth-order valence-electron chi connectivity index (χ4n) is 1.04. The normalized spacial score (nSPS) is 10.8. The SMILES string of the molecule is CC(C)(CCl)C(=O)Nc1ccc(C#N)cc1Br. The van der Waals surface area contributed by atoms with Crippen molar-refractivity contribution in [2.75, 3.05) is 11.2 Å². The van der Waals surface area contributed by atoms with Gasteiger partial charge in [-0.05, 0) is 48.0 Å². The molecule has 1 aromatic rings. The van der Waals surface area contributed by atoms with Crippen LogP contribution in [0, 0.1) is 16.7 Å². The van der Waals surface area contributed by atoms with Crippen LogP contribution in [-0.2, 0) is 4.79 Å². The molecular formula is C12H12BrClN2O. The lowest BCUT2D eigenvalue weighted by Gasteiger charge is -2.20. The Kier molecular flexibility index (Phi) is 4.55. The van der Waals surface area contributed by atoms with Crippen molar-refractivity contribution in [2.24, 2.45) is 5.41 Å². The number of alkyl halides is 1. The van der Waals surface area contributed by atoms with Gasteiger partial charge in [-0.15, -0.1) is 11.6 Å². The molecule has 0 aliphatic carbocycles. The number of nitriles is 1. The van der Waals surface area contributed by atoms with Crippen molar-refractivity contribution < 1.29 is 4.79 Å². The number of rotatable bonds is 3. The third-order valence-electron chi connectivity index (χ3n) is 2.30. The summed E-state index contributed by atoms with van der Waals surface area (Å²) in [7, 11) is 0. The van der Waals surface area contributed by atoms with Crippen LogP contribution in [0.5, 0.6) is 0 Å². The van der Waals surface area contributed by atoms with E-state index in [1.54, 1.807) is 32.0 Å². The molecule has 0 aliphatic rings. The summed E-state index contributed by atoms with van der Waals surface area (Å²) in [5.74, 6) is 0.0881. The molecule has 0 heterocycles. The van der Waals surface area contributed by atoms with E-state index in [2.05, 4.69) is 21.2 Å². The zero-order valence-corrected chi connectivity index (χ0v) is 11.9. The Morgan fingerprint density at radius 1 is 1.59 bits per heavy atom. The van der Waals surface area contributed by atoms with E-state index in [0.717, 1.165) is 0 Å². The van der Waals surface area contributed by atoms with Crippen LogP contribution in [0.15, 0.2) is 22.7 Å². The Morgan fingerprint density at radius 2 is 2.24 bits per heavy atom. The Bertz CT molecular complexity index is 480. The van der Waals surface area contributed by atoms with Crippen molar-refractivity contribution in [1.29, 1.82) is 5.26 Å². The van der Waals surface area contributed by atoms with Crippen molar-refractivity contribution in [3.63, 3.8) is 0 Å². The van der Waals surface area contributed by atoms with Crippen molar-refractivity contribution >= 4 is 39.1 Å². The van der Waals surface area contributed by atoms with Crippen molar-refractivity contribution in [1.82, 2.24) is 0 Å². The lowest BCUT2D eigenvalue weighted by atomic mass is 9.95. The zero-order chi connectivity index (χ0) is 13.1. The van der Waals surface area contributed by atoms with Crippen LogP contribution in [0.25, 0.3) is 0 Å². The summed E-state index contributed by atoms with van der Waals surface area (Å²) in [5.41, 5.74) is 0.535. The van der Waals surface area contributed by atoms with Gasteiger partial charge in [-0.1, -0.05) is 0 Å². The molecule has 0 unspecified atom stereocenters. The van der Waals surface area contributed by atoms with Gasteiger partial charge in [-0.25, -0.2) is 0 Å². The number of nitrogens with one attached hydrogen (secondary N) is 1. The first-order valence-corrected chi connectivity index (χ1v) is 6.30. The monoisotopic (exact) mass is 314 g/mol. The third kappa shape index (κ3) is 3.45. The number of carbonyl (C=O) groups excluding carboxylic acids is 1. The molecule has 0 aromatic heterocycles. The maximum atomic E-state index is 11.9. The number of amides is 1. The molecule has 90 valence electrons. The summed E-state index contributed by atoms with van der Waals surface area (Å²) in [5, 5.41) is 11.5. The zero-order valence-electron chi connectivity index (χ0n) is 9.55. The van der Waals surface area contributed by atoms with Crippen LogP contribution in [0.2, 0.25) is 0 Å². The molecule has 0 radical (unpaired) electrons. The van der Waals surface area contributed by atoms with Gasteiger partial charge in [0, 0.05) is 10.4 Å². The molecule has 1 rings (SSSR count). The summed E-state index contributed by atoms with van der Waals surface area (Å²) in [6.07, 6.45) is 0. The van der Waals surface area contributed by atoms with Gasteiger partial charge in [0.15, 0.2) is 0 Å². The fraction of sp³-hybridized carbons (Fsp3) is 0.333. The number of benzene rings is 1. The minimum atomic E-state index is -0.630. The molecule has 0 aliphatic heterocycles. The van der Waals surface area contributed by atoms with Gasteiger partial charge in [-0.3, -0.25) is 4.79 Å². The van der Waals surface area contributed by atoms with Gasteiger partial charge in [0.25, 0.3) is 0 Å². The predicted octanol–water partition coefficient (Wildman–Crippen LogP) is 3.52. The average Bonchev–Trinajstić information content (AvgIpc) is 2.31. The maximum Gasteiger partial charge on any atom is 0.231 e. The van der Waals surface area contributed by atoms with Crippen LogP contribution in [0.4, 0.5) is 5.69 Å².